The molecule has 0 saturated heterocycles. The zero-order valence-electron chi connectivity index (χ0n) is 14.2. The van der Waals surface area contributed by atoms with Crippen molar-refractivity contribution in [1.82, 2.24) is 19.9 Å². The summed E-state index contributed by atoms with van der Waals surface area (Å²) in [5, 5.41) is 11.6. The topological polar surface area (TPSA) is 63.5 Å². The lowest BCUT2D eigenvalue weighted by Crippen LogP contribution is -2.22. The summed E-state index contributed by atoms with van der Waals surface area (Å²) < 4.78 is 7.76. The number of benzene rings is 1. The van der Waals surface area contributed by atoms with Crippen LogP contribution in [0.3, 0.4) is 0 Å². The predicted octanol–water partition coefficient (Wildman–Crippen LogP) is 2.96. The van der Waals surface area contributed by atoms with Crippen LogP contribution < -0.4 is 15.4 Å². The minimum atomic E-state index is 0.667. The summed E-state index contributed by atoms with van der Waals surface area (Å²) in [4.78, 5) is 4.47. The summed E-state index contributed by atoms with van der Waals surface area (Å²) in [6.45, 7) is 3.49. The highest BCUT2D eigenvalue weighted by molar-refractivity contribution is 5.65. The van der Waals surface area contributed by atoms with Crippen LogP contribution in [0.4, 0.5) is 5.82 Å². The van der Waals surface area contributed by atoms with E-state index in [0.29, 0.717) is 6.61 Å². The molecule has 0 atom stereocenters. The van der Waals surface area contributed by atoms with E-state index >= 15 is 0 Å². The van der Waals surface area contributed by atoms with Gasteiger partial charge in [-0.2, -0.15) is 0 Å². The third-order valence-electron chi connectivity index (χ3n) is 4.38. The highest BCUT2D eigenvalue weighted by Crippen LogP contribution is 2.24. The molecule has 2 aromatic heterocycles. The van der Waals surface area contributed by atoms with E-state index in [2.05, 4.69) is 21.7 Å². The highest BCUT2D eigenvalue weighted by Gasteiger charge is 2.09. The van der Waals surface area contributed by atoms with Gasteiger partial charge in [0.15, 0.2) is 5.65 Å². The number of nitrogens with one attached hydrogen (secondary N) is 2. The molecule has 4 rings (SSSR count). The summed E-state index contributed by atoms with van der Waals surface area (Å²) in [7, 11) is 0. The molecule has 1 aromatic carbocycles. The van der Waals surface area contributed by atoms with Crippen molar-refractivity contribution in [3.63, 3.8) is 0 Å². The Labute approximate surface area is 147 Å². The summed E-state index contributed by atoms with van der Waals surface area (Å²) in [6, 6.07) is 12.1. The molecule has 6 heteroatoms. The van der Waals surface area contributed by atoms with Gasteiger partial charge in [-0.05, 0) is 43.7 Å². The number of ether oxygens (including phenoxy) is 1. The Bertz CT molecular complexity index is 845. The van der Waals surface area contributed by atoms with Crippen LogP contribution in [0.2, 0.25) is 0 Å². The smallest absolute Gasteiger partial charge is 0.154 e. The summed E-state index contributed by atoms with van der Waals surface area (Å²) in [6.07, 6.45) is 5.37. The number of anilines is 1. The Hall–Kier alpha value is -2.60. The van der Waals surface area contributed by atoms with Gasteiger partial charge in [0.25, 0.3) is 0 Å². The number of aromatic nitrogens is 3. The second-order valence-corrected chi connectivity index (χ2v) is 6.25. The molecule has 1 aliphatic rings. The van der Waals surface area contributed by atoms with Crippen LogP contribution in [0.5, 0.6) is 5.75 Å². The van der Waals surface area contributed by atoms with Gasteiger partial charge in [0, 0.05) is 18.7 Å². The van der Waals surface area contributed by atoms with E-state index in [-0.39, 0.29) is 0 Å². The maximum Gasteiger partial charge on any atom is 0.154 e. The number of nitrogens with zero attached hydrogens (tertiary/aromatic N) is 3. The van der Waals surface area contributed by atoms with Gasteiger partial charge in [0.1, 0.15) is 18.2 Å². The van der Waals surface area contributed by atoms with Gasteiger partial charge in [-0.1, -0.05) is 18.6 Å². The van der Waals surface area contributed by atoms with Crippen molar-refractivity contribution in [3.8, 4) is 17.0 Å². The minimum Gasteiger partial charge on any atom is -0.492 e. The zero-order chi connectivity index (χ0) is 16.9. The number of rotatable bonds is 0. The Morgan fingerprint density at radius 1 is 1.00 bits per heavy atom. The molecule has 0 saturated carbocycles. The lowest BCUT2D eigenvalue weighted by molar-refractivity contribution is 0.313. The first kappa shape index (κ1) is 15.9. The fraction of sp³-hybridized carbons (Fsp3) is 0.368. The highest BCUT2D eigenvalue weighted by atomic mass is 16.5. The first-order chi connectivity index (χ1) is 12.4. The Kier molecular flexibility index (Phi) is 4.79. The van der Waals surface area contributed by atoms with Gasteiger partial charge in [0.05, 0.1) is 11.9 Å². The SMILES string of the molecule is c1cc2cc(c1)-c1cnc3ccc(nn13)NCCCCCNCCO2. The van der Waals surface area contributed by atoms with Crippen LogP contribution in [0.1, 0.15) is 19.3 Å². The van der Waals surface area contributed by atoms with E-state index in [4.69, 9.17) is 9.84 Å². The van der Waals surface area contributed by atoms with E-state index < -0.39 is 0 Å². The maximum atomic E-state index is 5.87. The largest absolute Gasteiger partial charge is 0.492 e. The molecule has 130 valence electrons. The quantitative estimate of drug-likeness (QED) is 0.660. The van der Waals surface area contributed by atoms with E-state index in [1.165, 1.54) is 12.8 Å². The Morgan fingerprint density at radius 2 is 1.96 bits per heavy atom. The number of fused-ring (bicyclic) bond motifs is 4. The van der Waals surface area contributed by atoms with Crippen LogP contribution >= 0.6 is 0 Å². The van der Waals surface area contributed by atoms with Gasteiger partial charge in [-0.25, -0.2) is 9.50 Å². The predicted molar refractivity (Wildman–Crippen MR) is 99.1 cm³/mol. The molecular weight excluding hydrogens is 314 g/mol. The zero-order valence-corrected chi connectivity index (χ0v) is 14.2. The van der Waals surface area contributed by atoms with E-state index in [1.54, 1.807) is 0 Å². The van der Waals surface area contributed by atoms with Crippen molar-refractivity contribution in [3.05, 3.63) is 42.6 Å². The van der Waals surface area contributed by atoms with Crippen LogP contribution in [-0.2, 0) is 0 Å². The molecule has 0 radical (unpaired) electrons. The fourth-order valence-electron chi connectivity index (χ4n) is 3.04. The molecular formula is C19H23N5O. The molecule has 1 aliphatic heterocycles. The molecule has 6 nitrogen and oxygen atoms in total. The first-order valence-corrected chi connectivity index (χ1v) is 8.93. The molecule has 0 unspecified atom stereocenters. The molecule has 0 aliphatic carbocycles. The number of imidazole rings is 1. The third-order valence-corrected chi connectivity index (χ3v) is 4.38. The van der Waals surface area contributed by atoms with Crippen molar-refractivity contribution < 1.29 is 4.74 Å². The fourth-order valence-corrected chi connectivity index (χ4v) is 3.04. The van der Waals surface area contributed by atoms with Crippen LogP contribution in [0.25, 0.3) is 16.9 Å². The van der Waals surface area contributed by atoms with Crippen LogP contribution in [-0.4, -0.2) is 40.8 Å². The van der Waals surface area contributed by atoms with Crippen LogP contribution in [0.15, 0.2) is 42.6 Å². The van der Waals surface area contributed by atoms with E-state index in [0.717, 1.165) is 54.5 Å². The first-order valence-electron chi connectivity index (χ1n) is 8.93. The van der Waals surface area contributed by atoms with Crippen LogP contribution in [0, 0.1) is 0 Å². The molecule has 3 aromatic rings. The van der Waals surface area contributed by atoms with Gasteiger partial charge in [0.2, 0.25) is 0 Å². The number of hydrogen-bond donors (Lipinski definition) is 2. The summed E-state index contributed by atoms with van der Waals surface area (Å²) in [5.74, 6) is 1.74. The summed E-state index contributed by atoms with van der Waals surface area (Å²) >= 11 is 0. The van der Waals surface area contributed by atoms with Crippen molar-refractivity contribution in [2.24, 2.45) is 0 Å². The van der Waals surface area contributed by atoms with Gasteiger partial charge in [-0.3, -0.25) is 0 Å². The van der Waals surface area contributed by atoms with Gasteiger partial charge < -0.3 is 15.4 Å². The van der Waals surface area contributed by atoms with E-state index in [9.17, 15) is 0 Å². The summed E-state index contributed by atoms with van der Waals surface area (Å²) in [5.41, 5.74) is 2.85. The Morgan fingerprint density at radius 3 is 2.96 bits per heavy atom. The minimum absolute atomic E-state index is 0.667. The molecule has 3 heterocycles. The monoisotopic (exact) mass is 337 g/mol. The molecule has 4 bridgehead atoms. The lowest BCUT2D eigenvalue weighted by atomic mass is 10.1. The third kappa shape index (κ3) is 3.74. The average Bonchev–Trinajstić information content (AvgIpc) is 3.06. The Balaban J connectivity index is 1.68. The van der Waals surface area contributed by atoms with Crippen molar-refractivity contribution >= 4 is 11.5 Å². The van der Waals surface area contributed by atoms with Crippen molar-refractivity contribution in [2.75, 3.05) is 31.6 Å². The molecule has 0 amide bonds. The second-order valence-electron chi connectivity index (χ2n) is 6.25. The van der Waals surface area contributed by atoms with Gasteiger partial charge in [-0.15, -0.1) is 5.10 Å². The van der Waals surface area contributed by atoms with Crippen molar-refractivity contribution in [1.29, 1.82) is 0 Å². The average molecular weight is 337 g/mol. The molecule has 2 N–H and O–H groups in total. The maximum absolute atomic E-state index is 5.87. The second kappa shape index (κ2) is 7.53. The van der Waals surface area contributed by atoms with Gasteiger partial charge >= 0.3 is 0 Å². The standard InChI is InChI=1S/C19H23N5O/c1-2-9-20-11-12-25-16-6-4-5-15(13-16)17-14-22-19-8-7-18(21-10-3-1)23-24(17)19/h4-8,13-14,20H,1-3,9-12H2,(H,21,23). The number of hydrogen-bond acceptors (Lipinski definition) is 5. The molecule has 0 fully saturated rings. The molecule has 0 spiro atoms. The normalized spacial score (nSPS) is 16.2. The van der Waals surface area contributed by atoms with E-state index in [1.807, 2.05) is 41.0 Å². The van der Waals surface area contributed by atoms with Crippen molar-refractivity contribution in [2.45, 2.75) is 19.3 Å². The lowest BCUT2D eigenvalue weighted by Gasteiger charge is -2.09. The molecule has 25 heavy (non-hydrogen) atoms.